The Labute approximate surface area is 212 Å². The Bertz CT molecular complexity index is 691. The number of hydrogen-bond acceptors (Lipinski definition) is 11. The van der Waals surface area contributed by atoms with Crippen LogP contribution in [0.15, 0.2) is 0 Å². The Morgan fingerprint density at radius 1 is 0.861 bits per heavy atom. The summed E-state index contributed by atoms with van der Waals surface area (Å²) < 4.78 is 22.9. The summed E-state index contributed by atoms with van der Waals surface area (Å²) in [6.45, 7) is 9.48. The molecule has 0 spiro atoms. The molecule has 2 saturated heterocycles. The van der Waals surface area contributed by atoms with E-state index in [1.807, 2.05) is 0 Å². The fourth-order valence-electron chi connectivity index (χ4n) is 6.07. The molecule has 3 aliphatic rings. The maximum Gasteiger partial charge on any atom is 0.186 e. The van der Waals surface area contributed by atoms with Gasteiger partial charge in [-0.15, -0.1) is 0 Å². The van der Waals surface area contributed by atoms with E-state index in [-0.39, 0.29) is 24.2 Å². The van der Waals surface area contributed by atoms with Crippen LogP contribution in [0.3, 0.4) is 0 Å². The lowest BCUT2D eigenvalue weighted by Gasteiger charge is -2.48. The summed E-state index contributed by atoms with van der Waals surface area (Å²) in [5.41, 5.74) is -0.0754. The molecular formula is C25H46O11. The first-order valence-corrected chi connectivity index (χ1v) is 13.1. The largest absolute Gasteiger partial charge is 0.393 e. The highest BCUT2D eigenvalue weighted by atomic mass is 16.7. The Balaban J connectivity index is 1.60. The molecule has 11 heteroatoms. The Morgan fingerprint density at radius 3 is 2.08 bits per heavy atom. The first-order valence-electron chi connectivity index (χ1n) is 13.1. The normalized spacial score (nSPS) is 48.5. The molecule has 1 saturated carbocycles. The molecule has 2 heterocycles. The molecule has 0 amide bonds. The zero-order chi connectivity index (χ0) is 26.9. The van der Waals surface area contributed by atoms with Crippen molar-refractivity contribution in [2.45, 2.75) is 134 Å². The molecule has 0 aromatic carbocycles. The van der Waals surface area contributed by atoms with E-state index in [1.54, 1.807) is 6.92 Å². The summed E-state index contributed by atoms with van der Waals surface area (Å²) in [6.07, 6.45) is -10.7. The summed E-state index contributed by atoms with van der Waals surface area (Å²) in [5.74, 6) is 0.706. The molecule has 212 valence electrons. The molecule has 2 aliphatic heterocycles. The van der Waals surface area contributed by atoms with Gasteiger partial charge in [0.1, 0.15) is 42.7 Å². The van der Waals surface area contributed by atoms with Crippen LogP contribution in [0.25, 0.3) is 0 Å². The highest BCUT2D eigenvalue weighted by Gasteiger charge is 2.49. The van der Waals surface area contributed by atoms with Gasteiger partial charge < -0.3 is 54.7 Å². The molecular weight excluding hydrogens is 476 g/mol. The minimum Gasteiger partial charge on any atom is -0.393 e. The summed E-state index contributed by atoms with van der Waals surface area (Å²) >= 11 is 0. The molecule has 0 radical (unpaired) electrons. The average Bonchev–Trinajstić information content (AvgIpc) is 2.79. The zero-order valence-corrected chi connectivity index (χ0v) is 21.9. The first-order chi connectivity index (χ1) is 16.7. The topological polar surface area (TPSA) is 179 Å². The lowest BCUT2D eigenvalue weighted by atomic mass is 9.61. The molecule has 3 fully saturated rings. The van der Waals surface area contributed by atoms with Crippen molar-refractivity contribution >= 4 is 0 Å². The highest BCUT2D eigenvalue weighted by molar-refractivity contribution is 4.94. The second-order valence-electron chi connectivity index (χ2n) is 11.7. The van der Waals surface area contributed by atoms with E-state index >= 15 is 0 Å². The van der Waals surface area contributed by atoms with Gasteiger partial charge in [0.25, 0.3) is 0 Å². The van der Waals surface area contributed by atoms with Crippen molar-refractivity contribution in [3.63, 3.8) is 0 Å². The fraction of sp³-hybridized carbons (Fsp3) is 1.00. The minimum atomic E-state index is -1.55. The van der Waals surface area contributed by atoms with Gasteiger partial charge in [-0.3, -0.25) is 0 Å². The molecule has 11 nitrogen and oxygen atoms in total. The molecule has 0 aromatic heterocycles. The monoisotopic (exact) mass is 522 g/mol. The van der Waals surface area contributed by atoms with Crippen molar-refractivity contribution < 1.29 is 54.7 Å². The van der Waals surface area contributed by atoms with Crippen LogP contribution < -0.4 is 0 Å². The van der Waals surface area contributed by atoms with Gasteiger partial charge in [-0.05, 0) is 56.8 Å². The van der Waals surface area contributed by atoms with E-state index in [4.69, 9.17) is 18.9 Å². The molecule has 36 heavy (non-hydrogen) atoms. The number of aliphatic hydroxyl groups is 7. The number of aliphatic hydroxyl groups excluding tert-OH is 7. The smallest absolute Gasteiger partial charge is 0.186 e. The van der Waals surface area contributed by atoms with Crippen molar-refractivity contribution in [2.24, 2.45) is 17.3 Å². The van der Waals surface area contributed by atoms with Crippen molar-refractivity contribution in [3.8, 4) is 0 Å². The molecule has 14 atom stereocenters. The average molecular weight is 523 g/mol. The lowest BCUT2D eigenvalue weighted by Crippen LogP contribution is -2.61. The van der Waals surface area contributed by atoms with Gasteiger partial charge in [-0.1, -0.05) is 20.8 Å². The number of ether oxygens (including phenoxy) is 4. The quantitative estimate of drug-likeness (QED) is 0.213. The van der Waals surface area contributed by atoms with Crippen LogP contribution in [0, 0.1) is 17.3 Å². The van der Waals surface area contributed by atoms with Gasteiger partial charge in [0.05, 0.1) is 24.9 Å². The van der Waals surface area contributed by atoms with Crippen LogP contribution in [0.2, 0.25) is 0 Å². The van der Waals surface area contributed by atoms with Gasteiger partial charge in [0.15, 0.2) is 12.6 Å². The molecule has 0 bridgehead atoms. The van der Waals surface area contributed by atoms with Gasteiger partial charge in [-0.2, -0.15) is 0 Å². The summed E-state index contributed by atoms with van der Waals surface area (Å²) in [6, 6.07) is 0. The minimum absolute atomic E-state index is 0.0754. The van der Waals surface area contributed by atoms with Gasteiger partial charge >= 0.3 is 0 Å². The van der Waals surface area contributed by atoms with Crippen LogP contribution in [0.1, 0.15) is 60.3 Å². The Kier molecular flexibility index (Phi) is 10.2. The number of rotatable bonds is 8. The summed E-state index contributed by atoms with van der Waals surface area (Å²) in [5, 5.41) is 71.1. The summed E-state index contributed by atoms with van der Waals surface area (Å²) in [7, 11) is 0. The third-order valence-corrected chi connectivity index (χ3v) is 8.20. The van der Waals surface area contributed by atoms with E-state index < -0.39 is 61.4 Å². The Morgan fingerprint density at radius 2 is 1.47 bits per heavy atom. The van der Waals surface area contributed by atoms with Crippen LogP contribution in [-0.2, 0) is 18.9 Å². The maximum absolute atomic E-state index is 10.6. The maximum atomic E-state index is 10.6. The van der Waals surface area contributed by atoms with E-state index in [2.05, 4.69) is 20.8 Å². The standard InChI is InChI=1S/C25H46O11/c1-11-8-14(9-25(4,5)15(11)7-6-12(2)26)35-24-22(32)20(30)18(28)16(36-24)10-33-23-21(31)19(29)17(27)13(3)34-23/h11-24,26-32H,6-10H2,1-5H3/t11-,12-,13+,14+,15+,16-,17+,18-,19-,20+,21-,22-,23-,24+/m1/s1. The third kappa shape index (κ3) is 6.76. The second-order valence-corrected chi connectivity index (χ2v) is 11.7. The number of hydrogen-bond donors (Lipinski definition) is 7. The van der Waals surface area contributed by atoms with E-state index in [1.165, 1.54) is 6.92 Å². The summed E-state index contributed by atoms with van der Waals surface area (Å²) in [4.78, 5) is 0. The van der Waals surface area contributed by atoms with Crippen molar-refractivity contribution in [3.05, 3.63) is 0 Å². The third-order valence-electron chi connectivity index (χ3n) is 8.20. The predicted molar refractivity (Wildman–Crippen MR) is 126 cm³/mol. The molecule has 1 aliphatic carbocycles. The van der Waals surface area contributed by atoms with Gasteiger partial charge in [0, 0.05) is 0 Å². The lowest BCUT2D eigenvalue weighted by molar-refractivity contribution is -0.336. The first kappa shape index (κ1) is 30.1. The van der Waals surface area contributed by atoms with E-state index in [0.29, 0.717) is 18.3 Å². The molecule has 0 aromatic rings. The molecule has 3 rings (SSSR count). The van der Waals surface area contributed by atoms with Crippen molar-refractivity contribution in [1.82, 2.24) is 0 Å². The van der Waals surface area contributed by atoms with E-state index in [9.17, 15) is 35.7 Å². The van der Waals surface area contributed by atoms with E-state index in [0.717, 1.165) is 19.3 Å². The zero-order valence-electron chi connectivity index (χ0n) is 21.9. The Hall–Kier alpha value is -0.440. The van der Waals surface area contributed by atoms with Crippen LogP contribution in [-0.4, -0.2) is 116 Å². The van der Waals surface area contributed by atoms with Gasteiger partial charge in [0.2, 0.25) is 0 Å². The van der Waals surface area contributed by atoms with Crippen LogP contribution >= 0.6 is 0 Å². The SMILES string of the molecule is C[C@@H]1C[C@H](O[C@H]2O[C@H](CO[C@@H]3O[C@@H](C)[C@H](O)[C@@H](O)[C@H]3O)[C@@H](O)[C@H](O)[C@H]2O)CC(C)(C)[C@H]1CC[C@@H](C)O. The predicted octanol–water partition coefficient (Wildman–Crippen LogP) is -0.743. The van der Waals surface area contributed by atoms with Crippen molar-refractivity contribution in [1.29, 1.82) is 0 Å². The van der Waals surface area contributed by atoms with Crippen molar-refractivity contribution in [2.75, 3.05) is 6.61 Å². The molecule has 7 N–H and O–H groups in total. The van der Waals surface area contributed by atoms with Crippen LogP contribution in [0.4, 0.5) is 0 Å². The molecule has 0 unspecified atom stereocenters. The second kappa shape index (κ2) is 12.2. The highest BCUT2D eigenvalue weighted by Crippen LogP contribution is 2.47. The van der Waals surface area contributed by atoms with Crippen LogP contribution in [0.5, 0.6) is 0 Å². The van der Waals surface area contributed by atoms with Gasteiger partial charge in [-0.25, -0.2) is 0 Å². The fourth-order valence-corrected chi connectivity index (χ4v) is 6.07.